The third-order valence-electron chi connectivity index (χ3n) is 4.83. The lowest BCUT2D eigenvalue weighted by molar-refractivity contribution is 0.238. The number of urea groups is 1. The van der Waals surface area contributed by atoms with Crippen LogP contribution in [-0.4, -0.2) is 29.0 Å². The molecule has 0 unspecified atom stereocenters. The van der Waals surface area contributed by atoms with E-state index in [4.69, 9.17) is 4.74 Å². The molecule has 29 heavy (non-hydrogen) atoms. The van der Waals surface area contributed by atoms with Crippen LogP contribution in [0.25, 0.3) is 5.69 Å². The molecule has 1 aromatic heterocycles. The number of hydrogen-bond donors (Lipinski definition) is 2. The molecule has 0 spiro atoms. The van der Waals surface area contributed by atoms with Crippen molar-refractivity contribution >= 4 is 6.03 Å². The highest BCUT2D eigenvalue weighted by molar-refractivity contribution is 5.73. The third kappa shape index (κ3) is 5.38. The van der Waals surface area contributed by atoms with Gasteiger partial charge in [0.1, 0.15) is 5.75 Å². The van der Waals surface area contributed by atoms with Gasteiger partial charge in [-0.05, 0) is 51.0 Å². The topological polar surface area (TPSA) is 68.2 Å². The molecule has 0 fully saturated rings. The molecule has 0 radical (unpaired) electrons. The van der Waals surface area contributed by atoms with Gasteiger partial charge >= 0.3 is 6.03 Å². The summed E-state index contributed by atoms with van der Waals surface area (Å²) in [6.07, 6.45) is 0.742. The van der Waals surface area contributed by atoms with Crippen LogP contribution in [0.4, 0.5) is 4.79 Å². The SMILES string of the molecule is Cc1ccccc1OCCCNC(=O)NCc1c(C)nn(-c2ccccc2)c1C. The molecule has 1 heterocycles. The van der Waals surface area contributed by atoms with Crippen LogP contribution in [0.2, 0.25) is 0 Å². The minimum Gasteiger partial charge on any atom is -0.493 e. The van der Waals surface area contributed by atoms with E-state index < -0.39 is 0 Å². The van der Waals surface area contributed by atoms with Crippen molar-refractivity contribution in [1.29, 1.82) is 0 Å². The maximum absolute atomic E-state index is 12.1. The van der Waals surface area contributed by atoms with E-state index in [1.807, 2.05) is 80.1 Å². The van der Waals surface area contributed by atoms with Gasteiger partial charge in [0.25, 0.3) is 0 Å². The summed E-state index contributed by atoms with van der Waals surface area (Å²) in [5.74, 6) is 0.887. The summed E-state index contributed by atoms with van der Waals surface area (Å²) in [5.41, 5.74) is 5.10. The van der Waals surface area contributed by atoms with E-state index in [9.17, 15) is 4.79 Å². The Labute approximate surface area is 171 Å². The number of carbonyl (C=O) groups excluding carboxylic acids is 1. The predicted molar refractivity (Wildman–Crippen MR) is 115 cm³/mol. The molecule has 3 rings (SSSR count). The van der Waals surface area contributed by atoms with Gasteiger partial charge in [0.2, 0.25) is 0 Å². The lowest BCUT2D eigenvalue weighted by Gasteiger charge is -2.10. The zero-order chi connectivity index (χ0) is 20.6. The largest absolute Gasteiger partial charge is 0.493 e. The molecule has 152 valence electrons. The second-order valence-electron chi connectivity index (χ2n) is 6.97. The van der Waals surface area contributed by atoms with Crippen molar-refractivity contribution < 1.29 is 9.53 Å². The first kappa shape index (κ1) is 20.5. The third-order valence-corrected chi connectivity index (χ3v) is 4.83. The predicted octanol–water partition coefficient (Wildman–Crippen LogP) is 4.07. The van der Waals surface area contributed by atoms with Crippen molar-refractivity contribution in [3.8, 4) is 11.4 Å². The van der Waals surface area contributed by atoms with E-state index in [0.29, 0.717) is 19.7 Å². The number of nitrogens with zero attached hydrogens (tertiary/aromatic N) is 2. The summed E-state index contributed by atoms with van der Waals surface area (Å²) in [5, 5.41) is 10.4. The highest BCUT2D eigenvalue weighted by atomic mass is 16.5. The van der Waals surface area contributed by atoms with Crippen LogP contribution in [0.3, 0.4) is 0 Å². The Morgan fingerprint density at radius 2 is 1.72 bits per heavy atom. The fourth-order valence-electron chi connectivity index (χ4n) is 3.16. The number of ether oxygens (including phenoxy) is 1. The minimum atomic E-state index is -0.188. The van der Waals surface area contributed by atoms with Crippen molar-refractivity contribution in [1.82, 2.24) is 20.4 Å². The Kier molecular flexibility index (Phi) is 6.89. The molecule has 0 bridgehead atoms. The van der Waals surface area contributed by atoms with Gasteiger partial charge in [-0.25, -0.2) is 9.48 Å². The number of aromatic nitrogens is 2. The zero-order valence-corrected chi connectivity index (χ0v) is 17.2. The van der Waals surface area contributed by atoms with E-state index in [0.717, 1.165) is 40.4 Å². The Hall–Kier alpha value is -3.28. The molecule has 0 saturated carbocycles. The number of carbonyl (C=O) groups is 1. The first-order valence-corrected chi connectivity index (χ1v) is 9.87. The highest BCUT2D eigenvalue weighted by Crippen LogP contribution is 2.18. The Morgan fingerprint density at radius 1 is 1.00 bits per heavy atom. The van der Waals surface area contributed by atoms with Gasteiger partial charge in [-0.1, -0.05) is 36.4 Å². The minimum absolute atomic E-state index is 0.188. The first-order valence-electron chi connectivity index (χ1n) is 9.87. The Balaban J connectivity index is 1.43. The Morgan fingerprint density at radius 3 is 2.48 bits per heavy atom. The monoisotopic (exact) mass is 392 g/mol. The number of hydrogen-bond acceptors (Lipinski definition) is 3. The average Bonchev–Trinajstić information content (AvgIpc) is 3.01. The number of rotatable bonds is 8. The molecule has 0 atom stereocenters. The first-order chi connectivity index (χ1) is 14.1. The van der Waals surface area contributed by atoms with E-state index in [-0.39, 0.29) is 6.03 Å². The van der Waals surface area contributed by atoms with E-state index in [1.54, 1.807) is 0 Å². The van der Waals surface area contributed by atoms with Crippen LogP contribution in [0.1, 0.15) is 28.9 Å². The van der Waals surface area contributed by atoms with Gasteiger partial charge < -0.3 is 15.4 Å². The number of nitrogens with one attached hydrogen (secondary N) is 2. The quantitative estimate of drug-likeness (QED) is 0.568. The van der Waals surface area contributed by atoms with Crippen molar-refractivity contribution in [3.05, 3.63) is 77.1 Å². The number of amides is 2. The molecule has 0 aliphatic rings. The van der Waals surface area contributed by atoms with Crippen LogP contribution < -0.4 is 15.4 Å². The van der Waals surface area contributed by atoms with Crippen LogP contribution in [0.5, 0.6) is 5.75 Å². The van der Waals surface area contributed by atoms with Crippen molar-refractivity contribution in [3.63, 3.8) is 0 Å². The second-order valence-corrected chi connectivity index (χ2v) is 6.97. The van der Waals surface area contributed by atoms with E-state index >= 15 is 0 Å². The molecule has 3 aromatic rings. The maximum atomic E-state index is 12.1. The van der Waals surface area contributed by atoms with E-state index in [1.165, 1.54) is 0 Å². The molecular weight excluding hydrogens is 364 g/mol. The van der Waals surface area contributed by atoms with Crippen molar-refractivity contribution in [2.24, 2.45) is 0 Å². The average molecular weight is 393 g/mol. The summed E-state index contributed by atoms with van der Waals surface area (Å²) in [4.78, 5) is 12.1. The molecule has 6 heteroatoms. The van der Waals surface area contributed by atoms with Crippen molar-refractivity contribution in [2.75, 3.05) is 13.2 Å². The number of para-hydroxylation sites is 2. The van der Waals surface area contributed by atoms with Gasteiger partial charge in [-0.15, -0.1) is 0 Å². The van der Waals surface area contributed by atoms with Crippen molar-refractivity contribution in [2.45, 2.75) is 33.7 Å². The van der Waals surface area contributed by atoms with E-state index in [2.05, 4.69) is 15.7 Å². The fourth-order valence-corrected chi connectivity index (χ4v) is 3.16. The van der Waals surface area contributed by atoms with Crippen LogP contribution >= 0.6 is 0 Å². The Bertz CT molecular complexity index is 951. The van der Waals surface area contributed by atoms with Gasteiger partial charge in [0.15, 0.2) is 0 Å². The number of aryl methyl sites for hydroxylation is 2. The van der Waals surface area contributed by atoms with Gasteiger partial charge in [0.05, 0.1) is 18.0 Å². The summed E-state index contributed by atoms with van der Waals surface area (Å²) < 4.78 is 7.65. The molecule has 6 nitrogen and oxygen atoms in total. The van der Waals surface area contributed by atoms with Gasteiger partial charge in [-0.2, -0.15) is 5.10 Å². The van der Waals surface area contributed by atoms with Gasteiger partial charge in [0, 0.05) is 24.3 Å². The molecule has 2 aromatic carbocycles. The lowest BCUT2D eigenvalue weighted by Crippen LogP contribution is -2.36. The summed E-state index contributed by atoms with van der Waals surface area (Å²) >= 11 is 0. The second kappa shape index (κ2) is 9.78. The molecule has 2 N–H and O–H groups in total. The summed E-state index contributed by atoms with van der Waals surface area (Å²) in [6.45, 7) is 7.56. The lowest BCUT2D eigenvalue weighted by atomic mass is 10.2. The smallest absolute Gasteiger partial charge is 0.315 e. The van der Waals surface area contributed by atoms with Crippen LogP contribution in [-0.2, 0) is 6.54 Å². The summed E-state index contributed by atoms with van der Waals surface area (Å²) in [7, 11) is 0. The molecular formula is C23H28N4O2. The number of benzene rings is 2. The molecule has 2 amide bonds. The molecule has 0 aliphatic carbocycles. The van der Waals surface area contributed by atoms with Gasteiger partial charge in [-0.3, -0.25) is 0 Å². The summed E-state index contributed by atoms with van der Waals surface area (Å²) in [6, 6.07) is 17.7. The molecule has 0 aliphatic heterocycles. The maximum Gasteiger partial charge on any atom is 0.315 e. The zero-order valence-electron chi connectivity index (χ0n) is 17.2. The highest BCUT2D eigenvalue weighted by Gasteiger charge is 2.13. The molecule has 0 saturated heterocycles. The van der Waals surface area contributed by atoms with Crippen LogP contribution in [0, 0.1) is 20.8 Å². The fraction of sp³-hybridized carbons (Fsp3) is 0.304. The van der Waals surface area contributed by atoms with Crippen LogP contribution in [0.15, 0.2) is 54.6 Å². The standard InChI is InChI=1S/C23H28N4O2/c1-17-10-7-8-13-22(17)29-15-9-14-24-23(28)25-16-21-18(2)26-27(19(21)3)20-11-5-4-6-12-20/h4-8,10-13H,9,14-16H2,1-3H3,(H2,24,25,28). The normalized spacial score (nSPS) is 10.6.